The van der Waals surface area contributed by atoms with Gasteiger partial charge in [0, 0.05) is 5.56 Å². The summed E-state index contributed by atoms with van der Waals surface area (Å²) in [5, 5.41) is 9.26. The smallest absolute Gasteiger partial charge is 0.335 e. The number of nitrogen functional groups attached to an aromatic ring is 1. The number of nitrogens with zero attached hydrogens (tertiary/aromatic N) is 3. The third-order valence-electron chi connectivity index (χ3n) is 4.25. The second-order valence-corrected chi connectivity index (χ2v) is 6.16. The number of nitrogens with two attached hydrogens (primary N) is 1. The molecular weight excluding hydrogens is 365 g/mol. The van der Waals surface area contributed by atoms with Crippen molar-refractivity contribution in [1.82, 2.24) is 19.5 Å². The zero-order valence-corrected chi connectivity index (χ0v) is 14.4. The molecule has 0 saturated carbocycles. The molecule has 0 bridgehead atoms. The van der Waals surface area contributed by atoms with Gasteiger partial charge in [-0.05, 0) is 29.8 Å². The molecule has 0 saturated heterocycles. The minimum atomic E-state index is -1.08. The summed E-state index contributed by atoms with van der Waals surface area (Å²) < 4.78 is 14.9. The monoisotopic (exact) mass is 379 g/mol. The maximum atomic E-state index is 13.2. The van der Waals surface area contributed by atoms with E-state index in [1.807, 2.05) is 0 Å². The fourth-order valence-electron chi connectivity index (χ4n) is 2.96. The van der Waals surface area contributed by atoms with Gasteiger partial charge in [0.15, 0.2) is 11.2 Å². The van der Waals surface area contributed by atoms with Crippen LogP contribution in [0.25, 0.3) is 22.6 Å². The number of hydrogen-bond acceptors (Lipinski definition) is 5. The average Bonchev–Trinajstić information content (AvgIpc) is 3.02. The van der Waals surface area contributed by atoms with E-state index in [9.17, 15) is 19.1 Å². The van der Waals surface area contributed by atoms with E-state index in [2.05, 4.69) is 15.0 Å². The molecule has 28 heavy (non-hydrogen) atoms. The van der Waals surface area contributed by atoms with Crippen molar-refractivity contribution in [2.45, 2.75) is 6.54 Å². The van der Waals surface area contributed by atoms with E-state index in [-0.39, 0.29) is 35.0 Å². The highest BCUT2D eigenvalue weighted by molar-refractivity contribution is 5.89. The summed E-state index contributed by atoms with van der Waals surface area (Å²) in [6, 6.07) is 12.1. The molecule has 4 N–H and O–H groups in total. The van der Waals surface area contributed by atoms with Crippen molar-refractivity contribution >= 4 is 23.1 Å². The number of carbonyl (C=O) groups is 1. The van der Waals surface area contributed by atoms with Crippen LogP contribution in [0.5, 0.6) is 0 Å². The van der Waals surface area contributed by atoms with Crippen molar-refractivity contribution < 1.29 is 14.3 Å². The normalized spacial score (nSPS) is 11.0. The van der Waals surface area contributed by atoms with E-state index in [1.54, 1.807) is 28.8 Å². The molecule has 0 atom stereocenters. The zero-order valence-electron chi connectivity index (χ0n) is 14.4. The number of rotatable bonds is 4. The molecule has 0 aliphatic rings. The fourth-order valence-corrected chi connectivity index (χ4v) is 2.96. The van der Waals surface area contributed by atoms with Gasteiger partial charge in [-0.3, -0.25) is 9.78 Å². The van der Waals surface area contributed by atoms with Crippen LogP contribution in [-0.4, -0.2) is 30.6 Å². The second kappa shape index (κ2) is 6.62. The number of carboxylic acid groups (broad SMARTS) is 1. The number of H-pyrrole nitrogens is 1. The number of nitrogens with one attached hydrogen (secondary N) is 1. The van der Waals surface area contributed by atoms with Gasteiger partial charge in [0.25, 0.3) is 5.56 Å². The van der Waals surface area contributed by atoms with Crippen molar-refractivity contribution in [2.24, 2.45) is 0 Å². The molecule has 2 heterocycles. The number of hydrogen-bond donors (Lipinski definition) is 3. The molecule has 4 aromatic rings. The molecule has 8 nitrogen and oxygen atoms in total. The lowest BCUT2D eigenvalue weighted by atomic mass is 10.1. The van der Waals surface area contributed by atoms with E-state index >= 15 is 0 Å². The Morgan fingerprint density at radius 2 is 1.93 bits per heavy atom. The number of aromatic nitrogens is 4. The van der Waals surface area contributed by atoms with E-state index in [0.717, 1.165) is 5.56 Å². The third-order valence-corrected chi connectivity index (χ3v) is 4.25. The topological polar surface area (TPSA) is 127 Å². The maximum absolute atomic E-state index is 13.2. The van der Waals surface area contributed by atoms with Crippen molar-refractivity contribution in [3.8, 4) is 11.4 Å². The summed E-state index contributed by atoms with van der Waals surface area (Å²) in [6.45, 7) is 0.235. The quantitative estimate of drug-likeness (QED) is 0.499. The second-order valence-electron chi connectivity index (χ2n) is 6.16. The van der Waals surface area contributed by atoms with Crippen molar-refractivity contribution in [3.63, 3.8) is 0 Å². The number of aromatic amines is 1. The number of fused-ring (bicyclic) bond motifs is 1. The van der Waals surface area contributed by atoms with Crippen LogP contribution in [0.1, 0.15) is 15.9 Å². The highest BCUT2D eigenvalue weighted by Gasteiger charge is 2.18. The summed E-state index contributed by atoms with van der Waals surface area (Å²) >= 11 is 0. The van der Waals surface area contributed by atoms with Gasteiger partial charge in [-0.2, -0.15) is 4.98 Å². The summed E-state index contributed by atoms with van der Waals surface area (Å²) in [7, 11) is 0. The number of carboxylic acids is 1. The summed E-state index contributed by atoms with van der Waals surface area (Å²) in [5.41, 5.74) is 6.84. The first kappa shape index (κ1) is 17.4. The van der Waals surface area contributed by atoms with Crippen LogP contribution in [0, 0.1) is 5.82 Å². The minimum Gasteiger partial charge on any atom is -0.478 e. The third kappa shape index (κ3) is 3.09. The van der Waals surface area contributed by atoms with Crippen LogP contribution in [0.15, 0.2) is 53.3 Å². The standard InChI is InChI=1S/C19H14FN5O3/c20-13-6-4-10(5-7-13)9-25-15(11-2-1-3-12(8-11)18(27)28)22-14-16(25)23-19(21)24-17(14)26/h1-8H,9H2,(H,27,28)(H3,21,23,24,26). The van der Waals surface area contributed by atoms with E-state index < -0.39 is 11.5 Å². The first-order valence-electron chi connectivity index (χ1n) is 8.26. The Labute approximate surface area is 157 Å². The first-order valence-corrected chi connectivity index (χ1v) is 8.26. The van der Waals surface area contributed by atoms with Crippen LogP contribution >= 0.6 is 0 Å². The number of benzene rings is 2. The molecular formula is C19H14FN5O3. The summed E-state index contributed by atoms with van der Waals surface area (Å²) in [4.78, 5) is 34.5. The van der Waals surface area contributed by atoms with Crippen LogP contribution in [0.2, 0.25) is 0 Å². The molecule has 0 amide bonds. The molecule has 0 radical (unpaired) electrons. The Balaban J connectivity index is 1.96. The van der Waals surface area contributed by atoms with Gasteiger partial charge >= 0.3 is 5.97 Å². The predicted octanol–water partition coefficient (Wildman–Crippen LogP) is 2.25. The maximum Gasteiger partial charge on any atom is 0.335 e. The molecule has 140 valence electrons. The average molecular weight is 379 g/mol. The van der Waals surface area contributed by atoms with Crippen molar-refractivity contribution in [3.05, 3.63) is 75.8 Å². The van der Waals surface area contributed by atoms with Gasteiger partial charge in [0.05, 0.1) is 12.1 Å². The SMILES string of the molecule is Nc1nc2c(nc(-c3cccc(C(=O)O)c3)n2Cc2ccc(F)cc2)c(=O)[nH]1. The molecule has 4 rings (SSSR count). The van der Waals surface area contributed by atoms with Gasteiger partial charge < -0.3 is 15.4 Å². The first-order chi connectivity index (χ1) is 13.4. The number of halogens is 1. The molecule has 0 unspecified atom stereocenters. The lowest BCUT2D eigenvalue weighted by Crippen LogP contribution is -2.12. The lowest BCUT2D eigenvalue weighted by Gasteiger charge is -2.10. The zero-order chi connectivity index (χ0) is 19.8. The molecule has 0 spiro atoms. The molecule has 0 aliphatic carbocycles. The van der Waals surface area contributed by atoms with Gasteiger partial charge in [-0.1, -0.05) is 24.3 Å². The van der Waals surface area contributed by atoms with Gasteiger partial charge in [-0.15, -0.1) is 0 Å². The minimum absolute atomic E-state index is 0.0661. The van der Waals surface area contributed by atoms with Gasteiger partial charge in [0.2, 0.25) is 5.95 Å². The number of anilines is 1. The number of aromatic carboxylic acids is 1. The van der Waals surface area contributed by atoms with Crippen LogP contribution in [0.3, 0.4) is 0 Å². The lowest BCUT2D eigenvalue weighted by molar-refractivity contribution is 0.0697. The highest BCUT2D eigenvalue weighted by atomic mass is 19.1. The molecule has 0 aliphatic heterocycles. The Morgan fingerprint density at radius 3 is 2.64 bits per heavy atom. The Kier molecular flexibility index (Phi) is 4.11. The molecule has 2 aromatic heterocycles. The fraction of sp³-hybridized carbons (Fsp3) is 0.0526. The van der Waals surface area contributed by atoms with Crippen LogP contribution in [-0.2, 0) is 6.54 Å². The Bertz CT molecular complexity index is 1260. The van der Waals surface area contributed by atoms with Gasteiger partial charge in [-0.25, -0.2) is 14.2 Å². The Morgan fingerprint density at radius 1 is 1.18 bits per heavy atom. The molecule has 9 heteroatoms. The number of imidazole rings is 1. The van der Waals surface area contributed by atoms with Crippen LogP contribution < -0.4 is 11.3 Å². The van der Waals surface area contributed by atoms with Crippen molar-refractivity contribution in [1.29, 1.82) is 0 Å². The van der Waals surface area contributed by atoms with Crippen molar-refractivity contribution in [2.75, 3.05) is 5.73 Å². The molecule has 0 fully saturated rings. The van der Waals surface area contributed by atoms with Gasteiger partial charge in [0.1, 0.15) is 11.6 Å². The summed E-state index contributed by atoms with van der Waals surface area (Å²) in [5.74, 6) is -1.16. The predicted molar refractivity (Wildman–Crippen MR) is 100 cm³/mol. The summed E-state index contributed by atoms with van der Waals surface area (Å²) in [6.07, 6.45) is 0. The highest BCUT2D eigenvalue weighted by Crippen LogP contribution is 2.25. The largest absolute Gasteiger partial charge is 0.478 e. The molecule has 2 aromatic carbocycles. The Hall–Kier alpha value is -4.01. The van der Waals surface area contributed by atoms with Crippen LogP contribution in [0.4, 0.5) is 10.3 Å². The van der Waals surface area contributed by atoms with E-state index in [4.69, 9.17) is 5.73 Å². The van der Waals surface area contributed by atoms with E-state index in [0.29, 0.717) is 11.4 Å². The van der Waals surface area contributed by atoms with E-state index in [1.165, 1.54) is 24.3 Å².